The number of fused-ring (bicyclic) bond motifs is 1. The minimum Gasteiger partial charge on any atom is -0.343 e. The molecule has 3 nitrogen and oxygen atoms in total. The molecule has 0 spiro atoms. The van der Waals surface area contributed by atoms with Gasteiger partial charge in [0.05, 0.1) is 5.39 Å². The van der Waals surface area contributed by atoms with Crippen molar-refractivity contribution >= 4 is 11.0 Å². The van der Waals surface area contributed by atoms with Gasteiger partial charge in [-0.05, 0) is 38.8 Å². The first-order valence-corrected chi connectivity index (χ1v) is 6.12. The Morgan fingerprint density at radius 1 is 1.29 bits per heavy atom. The van der Waals surface area contributed by atoms with Gasteiger partial charge in [-0.2, -0.15) is 0 Å². The van der Waals surface area contributed by atoms with Crippen molar-refractivity contribution in [1.82, 2.24) is 9.97 Å². The van der Waals surface area contributed by atoms with E-state index in [1.807, 2.05) is 26.0 Å². The van der Waals surface area contributed by atoms with Crippen molar-refractivity contribution < 1.29 is 0 Å². The van der Waals surface area contributed by atoms with Crippen molar-refractivity contribution in [3.63, 3.8) is 0 Å². The molecule has 0 saturated carbocycles. The molecule has 0 aromatic carbocycles. The van der Waals surface area contributed by atoms with E-state index in [4.69, 9.17) is 0 Å². The van der Waals surface area contributed by atoms with Crippen LogP contribution in [-0.4, -0.2) is 9.97 Å². The monoisotopic (exact) mass is 230 g/mol. The van der Waals surface area contributed by atoms with E-state index in [2.05, 4.69) is 16.9 Å². The smallest absolute Gasteiger partial charge is 0.194 e. The van der Waals surface area contributed by atoms with Crippen LogP contribution in [-0.2, 0) is 6.42 Å². The lowest BCUT2D eigenvalue weighted by Gasteiger charge is -2.07. The van der Waals surface area contributed by atoms with Crippen molar-refractivity contribution in [3.8, 4) is 0 Å². The molecule has 0 fully saturated rings. The van der Waals surface area contributed by atoms with Crippen molar-refractivity contribution in [2.45, 2.75) is 40.0 Å². The number of rotatable bonds is 3. The van der Waals surface area contributed by atoms with E-state index in [1.54, 1.807) is 0 Å². The molecule has 0 saturated heterocycles. The molecule has 0 radical (unpaired) electrons. The number of pyridine rings is 2. The van der Waals surface area contributed by atoms with Gasteiger partial charge in [0.2, 0.25) is 0 Å². The Morgan fingerprint density at radius 3 is 2.76 bits per heavy atom. The summed E-state index contributed by atoms with van der Waals surface area (Å²) < 4.78 is 0. The first-order chi connectivity index (χ1) is 8.13. The molecule has 3 heteroatoms. The molecule has 2 aromatic rings. The predicted molar refractivity (Wildman–Crippen MR) is 70.4 cm³/mol. The van der Waals surface area contributed by atoms with Crippen LogP contribution in [0.4, 0.5) is 0 Å². The van der Waals surface area contributed by atoms with Crippen molar-refractivity contribution in [2.75, 3.05) is 0 Å². The van der Waals surface area contributed by atoms with Crippen LogP contribution in [0.2, 0.25) is 0 Å². The topological polar surface area (TPSA) is 45.8 Å². The molecule has 17 heavy (non-hydrogen) atoms. The first kappa shape index (κ1) is 11.8. The molecular weight excluding hydrogens is 212 g/mol. The zero-order chi connectivity index (χ0) is 12.4. The van der Waals surface area contributed by atoms with Gasteiger partial charge in [0.15, 0.2) is 5.43 Å². The normalized spacial score (nSPS) is 11.0. The maximum Gasteiger partial charge on any atom is 0.194 e. The summed E-state index contributed by atoms with van der Waals surface area (Å²) in [4.78, 5) is 19.9. The van der Waals surface area contributed by atoms with Gasteiger partial charge in [0.25, 0.3) is 0 Å². The van der Waals surface area contributed by atoms with Gasteiger partial charge in [-0.1, -0.05) is 13.3 Å². The molecule has 90 valence electrons. The van der Waals surface area contributed by atoms with Gasteiger partial charge in [0.1, 0.15) is 5.65 Å². The Labute approximate surface area is 101 Å². The lowest BCUT2D eigenvalue weighted by Crippen LogP contribution is -2.14. The fourth-order valence-corrected chi connectivity index (χ4v) is 2.08. The fraction of sp³-hybridized carbons (Fsp3) is 0.429. The minimum atomic E-state index is 0.136. The molecule has 0 atom stereocenters. The highest BCUT2D eigenvalue weighted by Crippen LogP contribution is 2.11. The number of aromatic amines is 1. The summed E-state index contributed by atoms with van der Waals surface area (Å²) >= 11 is 0. The maximum absolute atomic E-state index is 12.3. The van der Waals surface area contributed by atoms with E-state index < -0.39 is 0 Å². The van der Waals surface area contributed by atoms with Crippen LogP contribution in [0.25, 0.3) is 11.0 Å². The summed E-state index contributed by atoms with van der Waals surface area (Å²) in [5.41, 5.74) is 3.62. The molecule has 2 rings (SSSR count). The molecule has 0 amide bonds. The second kappa shape index (κ2) is 4.70. The van der Waals surface area contributed by atoms with Crippen LogP contribution in [0.15, 0.2) is 16.9 Å². The summed E-state index contributed by atoms with van der Waals surface area (Å²) in [6.45, 7) is 6.02. The fourth-order valence-electron chi connectivity index (χ4n) is 2.08. The lowest BCUT2D eigenvalue weighted by atomic mass is 10.0. The average molecular weight is 230 g/mol. The van der Waals surface area contributed by atoms with Gasteiger partial charge >= 0.3 is 0 Å². The maximum atomic E-state index is 12.3. The molecule has 2 aromatic heterocycles. The van der Waals surface area contributed by atoms with Gasteiger partial charge in [-0.15, -0.1) is 0 Å². The quantitative estimate of drug-likeness (QED) is 0.881. The molecule has 1 N–H and O–H groups in total. The second-order valence-corrected chi connectivity index (χ2v) is 4.51. The summed E-state index contributed by atoms with van der Waals surface area (Å²) in [5, 5.41) is 0.701. The van der Waals surface area contributed by atoms with Gasteiger partial charge in [0, 0.05) is 17.0 Å². The Hall–Kier alpha value is -1.64. The minimum absolute atomic E-state index is 0.136. The number of H-pyrrole nitrogens is 1. The van der Waals surface area contributed by atoms with Crippen LogP contribution in [0.1, 0.15) is 36.7 Å². The zero-order valence-electron chi connectivity index (χ0n) is 10.6. The Kier molecular flexibility index (Phi) is 3.27. The number of nitrogens with zero attached hydrogens (tertiary/aromatic N) is 1. The summed E-state index contributed by atoms with van der Waals surface area (Å²) in [5.74, 6) is 0. The van der Waals surface area contributed by atoms with E-state index in [0.29, 0.717) is 11.0 Å². The number of aryl methyl sites for hydroxylation is 2. The third-order valence-electron chi connectivity index (χ3n) is 3.09. The number of hydrogen-bond donors (Lipinski definition) is 1. The standard InChI is InChI=1S/C14H18N2O/c1-4-5-6-11-10(3)16-14-12(13(11)17)8-7-9(2)15-14/h7-8H,4-6H2,1-3H3,(H,15,16,17). The van der Waals surface area contributed by atoms with Gasteiger partial charge in [-0.25, -0.2) is 4.98 Å². The van der Waals surface area contributed by atoms with Crippen molar-refractivity contribution in [2.24, 2.45) is 0 Å². The van der Waals surface area contributed by atoms with Crippen molar-refractivity contribution in [3.05, 3.63) is 39.3 Å². The van der Waals surface area contributed by atoms with Gasteiger partial charge in [-0.3, -0.25) is 4.79 Å². The third-order valence-corrected chi connectivity index (χ3v) is 3.09. The largest absolute Gasteiger partial charge is 0.343 e. The number of aromatic nitrogens is 2. The number of nitrogens with one attached hydrogen (secondary N) is 1. The van der Waals surface area contributed by atoms with Crippen LogP contribution in [0.3, 0.4) is 0 Å². The predicted octanol–water partition coefficient (Wildman–Crippen LogP) is 2.88. The number of hydrogen-bond acceptors (Lipinski definition) is 2. The lowest BCUT2D eigenvalue weighted by molar-refractivity contribution is 0.784. The Morgan fingerprint density at radius 2 is 2.06 bits per heavy atom. The van der Waals surface area contributed by atoms with E-state index >= 15 is 0 Å². The average Bonchev–Trinajstić information content (AvgIpc) is 2.28. The first-order valence-electron chi connectivity index (χ1n) is 6.12. The molecule has 0 aliphatic heterocycles. The third kappa shape index (κ3) is 2.23. The summed E-state index contributed by atoms with van der Waals surface area (Å²) in [6.07, 6.45) is 3.00. The summed E-state index contributed by atoms with van der Waals surface area (Å²) in [7, 11) is 0. The highest BCUT2D eigenvalue weighted by molar-refractivity contribution is 5.75. The van der Waals surface area contributed by atoms with E-state index in [1.165, 1.54) is 0 Å². The second-order valence-electron chi connectivity index (χ2n) is 4.51. The Bertz CT molecular complexity index is 599. The van der Waals surface area contributed by atoms with E-state index in [0.717, 1.165) is 36.2 Å². The molecular formula is C14H18N2O. The SMILES string of the molecule is CCCCc1c(C)[nH]c2nc(C)ccc2c1=O. The molecule has 0 aliphatic rings. The van der Waals surface area contributed by atoms with Crippen LogP contribution >= 0.6 is 0 Å². The summed E-state index contributed by atoms with van der Waals surface area (Å²) in [6, 6.07) is 3.75. The van der Waals surface area contributed by atoms with Crippen LogP contribution < -0.4 is 5.43 Å². The zero-order valence-corrected chi connectivity index (χ0v) is 10.6. The van der Waals surface area contributed by atoms with Crippen LogP contribution in [0.5, 0.6) is 0 Å². The molecule has 2 heterocycles. The highest BCUT2D eigenvalue weighted by Gasteiger charge is 2.09. The molecule has 0 bridgehead atoms. The van der Waals surface area contributed by atoms with E-state index in [9.17, 15) is 4.79 Å². The number of unbranched alkanes of at least 4 members (excludes halogenated alkanes) is 1. The van der Waals surface area contributed by atoms with Gasteiger partial charge < -0.3 is 4.98 Å². The van der Waals surface area contributed by atoms with E-state index in [-0.39, 0.29) is 5.43 Å². The molecule has 0 unspecified atom stereocenters. The molecule has 0 aliphatic carbocycles. The Balaban J connectivity index is 2.63. The van der Waals surface area contributed by atoms with Crippen LogP contribution in [0, 0.1) is 13.8 Å². The van der Waals surface area contributed by atoms with Crippen molar-refractivity contribution in [1.29, 1.82) is 0 Å². The highest BCUT2D eigenvalue weighted by atomic mass is 16.1.